The Morgan fingerprint density at radius 3 is 3.14 bits per heavy atom. The number of carbonyl (C=O) groups excluding carboxylic acids is 2. The molecule has 2 aliphatic heterocycles. The van der Waals surface area contributed by atoms with Gasteiger partial charge in [0, 0.05) is 12.2 Å². The van der Waals surface area contributed by atoms with E-state index in [0.717, 1.165) is 16.5 Å². The molecule has 0 aromatic carbocycles. The molecule has 3 heterocycles. The highest BCUT2D eigenvalue weighted by Gasteiger charge is 2.52. The third-order valence-electron chi connectivity index (χ3n) is 3.65. The summed E-state index contributed by atoms with van der Waals surface area (Å²) in [6.07, 6.45) is 1.35. The Bertz CT molecular complexity index is 579. The molecule has 2 atom stereocenters. The third kappa shape index (κ3) is 2.78. The molecule has 0 aliphatic carbocycles. The van der Waals surface area contributed by atoms with Gasteiger partial charge in [-0.25, -0.2) is 0 Å². The van der Waals surface area contributed by atoms with Crippen molar-refractivity contribution >= 4 is 51.8 Å². The van der Waals surface area contributed by atoms with Crippen molar-refractivity contribution in [2.24, 2.45) is 0 Å². The number of hydrogen-bond donors (Lipinski definition) is 1. The first-order valence-electron chi connectivity index (χ1n) is 6.77. The van der Waals surface area contributed by atoms with Crippen molar-refractivity contribution in [2.75, 3.05) is 16.8 Å². The number of anilines is 1. The Balaban J connectivity index is 1.69. The highest BCUT2D eigenvalue weighted by atomic mass is 32.2. The summed E-state index contributed by atoms with van der Waals surface area (Å²) in [5.41, 5.74) is 0. The van der Waals surface area contributed by atoms with E-state index in [2.05, 4.69) is 15.5 Å². The zero-order valence-corrected chi connectivity index (χ0v) is 14.2. The lowest BCUT2D eigenvalue weighted by Gasteiger charge is -2.29. The molecule has 2 saturated heterocycles. The van der Waals surface area contributed by atoms with Crippen LogP contribution in [0.1, 0.15) is 26.7 Å². The van der Waals surface area contributed by atoms with Crippen molar-refractivity contribution in [1.29, 1.82) is 0 Å². The lowest BCUT2D eigenvalue weighted by molar-refractivity contribution is -0.135. The van der Waals surface area contributed by atoms with E-state index >= 15 is 0 Å². The number of nitrogens with one attached hydrogen (secondary N) is 1. The maximum Gasteiger partial charge on any atom is 0.249 e. The zero-order chi connectivity index (χ0) is 15.0. The van der Waals surface area contributed by atoms with E-state index in [9.17, 15) is 9.59 Å². The fourth-order valence-electron chi connectivity index (χ4n) is 2.65. The van der Waals surface area contributed by atoms with Crippen molar-refractivity contribution in [3.05, 3.63) is 0 Å². The van der Waals surface area contributed by atoms with Crippen molar-refractivity contribution in [3.8, 4) is 0 Å². The normalized spacial score (nSPS) is 28.0. The van der Waals surface area contributed by atoms with Crippen molar-refractivity contribution in [1.82, 2.24) is 15.1 Å². The standard InChI is InChI=1S/C12H16N4O2S3/c1-3-19-11-15-14-10(21-11)13-9(18)7-6-20-12(2)5-4-8(17)16(7)12/h7H,3-6H2,1-2H3,(H,13,14,18)/t7-,12+/m0/s1. The Kier molecular flexibility index (Phi) is 4.15. The second-order valence-electron chi connectivity index (χ2n) is 5.06. The van der Waals surface area contributed by atoms with Crippen LogP contribution in [0.25, 0.3) is 0 Å². The molecule has 114 valence electrons. The first-order valence-corrected chi connectivity index (χ1v) is 9.55. The minimum atomic E-state index is -0.402. The number of aromatic nitrogens is 2. The van der Waals surface area contributed by atoms with Crippen LogP contribution >= 0.6 is 34.9 Å². The van der Waals surface area contributed by atoms with Gasteiger partial charge in [-0.2, -0.15) is 0 Å². The van der Waals surface area contributed by atoms with E-state index in [4.69, 9.17) is 0 Å². The van der Waals surface area contributed by atoms with Crippen molar-refractivity contribution in [3.63, 3.8) is 0 Å². The van der Waals surface area contributed by atoms with Gasteiger partial charge in [0.1, 0.15) is 6.04 Å². The van der Waals surface area contributed by atoms with Gasteiger partial charge in [0.2, 0.25) is 16.9 Å². The number of thioether (sulfide) groups is 2. The minimum Gasteiger partial charge on any atom is -0.315 e. The Labute approximate surface area is 135 Å². The average molecular weight is 344 g/mol. The molecule has 2 amide bonds. The summed E-state index contributed by atoms with van der Waals surface area (Å²) >= 11 is 4.65. The van der Waals surface area contributed by atoms with E-state index in [1.165, 1.54) is 11.3 Å². The van der Waals surface area contributed by atoms with Gasteiger partial charge in [-0.15, -0.1) is 22.0 Å². The number of rotatable bonds is 4. The van der Waals surface area contributed by atoms with Crippen LogP contribution in [0.2, 0.25) is 0 Å². The fraction of sp³-hybridized carbons (Fsp3) is 0.667. The van der Waals surface area contributed by atoms with Gasteiger partial charge in [0.15, 0.2) is 4.34 Å². The Morgan fingerprint density at radius 1 is 1.57 bits per heavy atom. The molecule has 3 rings (SSSR count). The molecule has 21 heavy (non-hydrogen) atoms. The first-order chi connectivity index (χ1) is 10.0. The molecule has 6 nitrogen and oxygen atoms in total. The summed E-state index contributed by atoms with van der Waals surface area (Å²) in [5, 5.41) is 11.3. The summed E-state index contributed by atoms with van der Waals surface area (Å²) < 4.78 is 0.843. The fourth-order valence-corrected chi connectivity index (χ4v) is 5.73. The van der Waals surface area contributed by atoms with Gasteiger partial charge < -0.3 is 4.90 Å². The Hall–Kier alpha value is -0.800. The highest BCUT2D eigenvalue weighted by molar-refractivity contribution is 8.01. The summed E-state index contributed by atoms with van der Waals surface area (Å²) in [7, 11) is 0. The predicted octanol–water partition coefficient (Wildman–Crippen LogP) is 2.04. The van der Waals surface area contributed by atoms with Gasteiger partial charge in [-0.3, -0.25) is 14.9 Å². The van der Waals surface area contributed by atoms with E-state index in [1.807, 2.05) is 13.8 Å². The number of carbonyl (C=O) groups is 2. The van der Waals surface area contributed by atoms with Crippen molar-refractivity contribution < 1.29 is 9.59 Å². The molecule has 1 aromatic heterocycles. The maximum absolute atomic E-state index is 12.4. The minimum absolute atomic E-state index is 0.0714. The summed E-state index contributed by atoms with van der Waals surface area (Å²) in [6, 6.07) is -0.402. The number of fused-ring (bicyclic) bond motifs is 1. The molecule has 2 aliphatic rings. The highest BCUT2D eigenvalue weighted by Crippen LogP contribution is 2.47. The third-order valence-corrected chi connectivity index (χ3v) is 7.01. The maximum atomic E-state index is 12.4. The molecule has 9 heteroatoms. The van der Waals surface area contributed by atoms with Crippen LogP contribution < -0.4 is 5.32 Å². The number of nitrogens with zero attached hydrogens (tertiary/aromatic N) is 3. The largest absolute Gasteiger partial charge is 0.315 e. The molecule has 0 unspecified atom stereocenters. The van der Waals surface area contributed by atoms with E-state index in [-0.39, 0.29) is 16.7 Å². The van der Waals surface area contributed by atoms with Gasteiger partial charge >= 0.3 is 0 Å². The van der Waals surface area contributed by atoms with Crippen LogP contribution in [-0.2, 0) is 9.59 Å². The number of amides is 2. The molecule has 0 saturated carbocycles. The second-order valence-corrected chi connectivity index (χ2v) is 9.05. The SMILES string of the molecule is CCSc1nnc(NC(=O)[C@@H]2CS[C@]3(C)CCC(=O)N23)s1. The molecule has 0 spiro atoms. The summed E-state index contributed by atoms with van der Waals surface area (Å²) in [6.45, 7) is 4.08. The lowest BCUT2D eigenvalue weighted by Crippen LogP contribution is -2.48. The molecular formula is C12H16N4O2S3. The van der Waals surface area contributed by atoms with Crippen molar-refractivity contribution in [2.45, 2.75) is 41.9 Å². The van der Waals surface area contributed by atoms with Crippen LogP contribution in [0.4, 0.5) is 5.13 Å². The molecule has 0 radical (unpaired) electrons. The molecule has 0 bridgehead atoms. The first kappa shape index (κ1) is 15.1. The van der Waals surface area contributed by atoms with E-state index in [1.54, 1.807) is 28.4 Å². The summed E-state index contributed by atoms with van der Waals surface area (Å²) in [5.74, 6) is 1.47. The topological polar surface area (TPSA) is 75.2 Å². The molecule has 1 N–H and O–H groups in total. The summed E-state index contributed by atoms with van der Waals surface area (Å²) in [4.78, 5) is 26.0. The Morgan fingerprint density at radius 2 is 2.38 bits per heavy atom. The van der Waals surface area contributed by atoms with Crippen LogP contribution in [-0.4, -0.2) is 49.3 Å². The molecule has 1 aromatic rings. The van der Waals surface area contributed by atoms with E-state index < -0.39 is 6.04 Å². The molecule has 2 fully saturated rings. The van der Waals surface area contributed by atoms with Crippen LogP contribution in [0.15, 0.2) is 4.34 Å². The van der Waals surface area contributed by atoms with Crippen LogP contribution in [0.3, 0.4) is 0 Å². The van der Waals surface area contributed by atoms with E-state index in [0.29, 0.717) is 17.3 Å². The van der Waals surface area contributed by atoms with Gasteiger partial charge in [-0.1, -0.05) is 30.0 Å². The second kappa shape index (κ2) is 5.77. The lowest BCUT2D eigenvalue weighted by atomic mass is 10.2. The zero-order valence-electron chi connectivity index (χ0n) is 11.8. The van der Waals surface area contributed by atoms with Gasteiger partial charge in [0.25, 0.3) is 0 Å². The predicted molar refractivity (Wildman–Crippen MR) is 85.7 cm³/mol. The average Bonchev–Trinajstić information content (AvgIpc) is 3.08. The van der Waals surface area contributed by atoms with Crippen LogP contribution in [0.5, 0.6) is 0 Å². The molecular weight excluding hydrogens is 328 g/mol. The monoisotopic (exact) mass is 344 g/mol. The quantitative estimate of drug-likeness (QED) is 0.665. The van der Waals surface area contributed by atoms with Gasteiger partial charge in [0.05, 0.1) is 4.87 Å². The smallest absolute Gasteiger partial charge is 0.249 e. The van der Waals surface area contributed by atoms with Gasteiger partial charge in [-0.05, 0) is 19.1 Å². The van der Waals surface area contributed by atoms with Crippen LogP contribution in [0, 0.1) is 0 Å². The number of hydrogen-bond acceptors (Lipinski definition) is 7.